The minimum atomic E-state index is -0.298. The topological polar surface area (TPSA) is 29.1 Å². The molecule has 0 radical (unpaired) electrons. The summed E-state index contributed by atoms with van der Waals surface area (Å²) < 4.78 is 0. The molecule has 19 heavy (non-hydrogen) atoms. The van der Waals surface area contributed by atoms with E-state index in [1.165, 1.54) is 0 Å². The van der Waals surface area contributed by atoms with Crippen LogP contribution in [0, 0.1) is 5.41 Å². The second-order valence-corrected chi connectivity index (χ2v) is 7.80. The Labute approximate surface area is 125 Å². The first-order valence-electron chi connectivity index (χ1n) is 6.62. The number of alkyl halides is 1. The summed E-state index contributed by atoms with van der Waals surface area (Å²) in [7, 11) is 0. The predicted molar refractivity (Wildman–Crippen MR) is 84.4 cm³/mol. The van der Waals surface area contributed by atoms with Crippen LogP contribution in [0.1, 0.15) is 51.4 Å². The molecule has 1 rings (SSSR count). The van der Waals surface area contributed by atoms with Gasteiger partial charge in [0.25, 0.3) is 0 Å². The molecule has 1 aromatic rings. The van der Waals surface area contributed by atoms with Crippen LogP contribution in [0.2, 0.25) is 0 Å². The molecule has 0 bridgehead atoms. The monoisotopic (exact) mass is 325 g/mol. The van der Waals surface area contributed by atoms with Crippen LogP contribution in [-0.4, -0.2) is 11.4 Å². The predicted octanol–water partition coefficient (Wildman–Crippen LogP) is 4.45. The van der Waals surface area contributed by atoms with Gasteiger partial charge in [0.15, 0.2) is 0 Å². The Morgan fingerprint density at radius 2 is 1.68 bits per heavy atom. The van der Waals surface area contributed by atoms with Crippen molar-refractivity contribution in [2.24, 2.45) is 5.41 Å². The minimum absolute atomic E-state index is 0.0143. The summed E-state index contributed by atoms with van der Waals surface area (Å²) in [6.45, 7) is 10.7. The van der Waals surface area contributed by atoms with Gasteiger partial charge in [-0.1, -0.05) is 67.0 Å². The molecule has 0 saturated heterocycles. The van der Waals surface area contributed by atoms with Gasteiger partial charge in [-0.15, -0.1) is 0 Å². The number of benzene rings is 1. The van der Waals surface area contributed by atoms with Crippen molar-refractivity contribution in [3.05, 3.63) is 35.9 Å². The second kappa shape index (κ2) is 6.08. The average Bonchev–Trinajstić information content (AvgIpc) is 2.25. The number of hydrogen-bond donors (Lipinski definition) is 1. The van der Waals surface area contributed by atoms with Crippen molar-refractivity contribution in [3.63, 3.8) is 0 Å². The Kier molecular flexibility index (Phi) is 5.19. The van der Waals surface area contributed by atoms with Gasteiger partial charge in [0.1, 0.15) is 4.83 Å². The number of hydrogen-bond acceptors (Lipinski definition) is 1. The summed E-state index contributed by atoms with van der Waals surface area (Å²) in [6.07, 6.45) is 0.931. The van der Waals surface area contributed by atoms with E-state index < -0.39 is 0 Å². The van der Waals surface area contributed by atoms with Crippen LogP contribution >= 0.6 is 15.9 Å². The summed E-state index contributed by atoms with van der Waals surface area (Å²) in [5.41, 5.74) is 0.952. The van der Waals surface area contributed by atoms with Gasteiger partial charge in [-0.3, -0.25) is 4.79 Å². The van der Waals surface area contributed by atoms with Crippen LogP contribution < -0.4 is 5.32 Å². The van der Waals surface area contributed by atoms with Gasteiger partial charge in [-0.25, -0.2) is 0 Å². The second-order valence-electron chi connectivity index (χ2n) is 6.88. The fraction of sp³-hybridized carbons (Fsp3) is 0.562. The van der Waals surface area contributed by atoms with Gasteiger partial charge >= 0.3 is 0 Å². The molecule has 0 spiro atoms. The largest absolute Gasteiger partial charge is 0.350 e. The van der Waals surface area contributed by atoms with Crippen molar-refractivity contribution in [2.45, 2.75) is 51.4 Å². The summed E-state index contributed by atoms with van der Waals surface area (Å²) in [5.74, 6) is 0.0143. The minimum Gasteiger partial charge on any atom is -0.350 e. The van der Waals surface area contributed by atoms with Crippen LogP contribution in [0.4, 0.5) is 0 Å². The number of halogens is 1. The summed E-state index contributed by atoms with van der Waals surface area (Å²) in [4.78, 5) is 12.0. The number of amides is 1. The molecule has 0 aromatic heterocycles. The van der Waals surface area contributed by atoms with Gasteiger partial charge in [0, 0.05) is 5.54 Å². The number of rotatable bonds is 4. The molecule has 0 aliphatic carbocycles. The molecule has 106 valence electrons. The zero-order valence-corrected chi connectivity index (χ0v) is 14.0. The fourth-order valence-corrected chi connectivity index (χ4v) is 2.96. The van der Waals surface area contributed by atoms with E-state index in [4.69, 9.17) is 0 Å². The molecule has 0 heterocycles. The molecule has 1 amide bonds. The first-order valence-corrected chi connectivity index (χ1v) is 7.53. The Morgan fingerprint density at radius 1 is 1.16 bits per heavy atom. The van der Waals surface area contributed by atoms with Crippen LogP contribution in [0.15, 0.2) is 30.3 Å². The van der Waals surface area contributed by atoms with Crippen molar-refractivity contribution >= 4 is 21.8 Å². The molecule has 0 unspecified atom stereocenters. The Balaban J connectivity index is 2.69. The SMILES string of the molecule is CC(C)(C)CC(C)(C)NC(=O)[C@H](Br)c1ccccc1. The molecule has 0 aliphatic heterocycles. The highest BCUT2D eigenvalue weighted by Gasteiger charge is 2.29. The molecule has 1 aromatic carbocycles. The van der Waals surface area contributed by atoms with Gasteiger partial charge in [-0.2, -0.15) is 0 Å². The highest BCUT2D eigenvalue weighted by Crippen LogP contribution is 2.29. The van der Waals surface area contributed by atoms with E-state index in [1.54, 1.807) is 0 Å². The van der Waals surface area contributed by atoms with E-state index in [0.717, 1.165) is 12.0 Å². The van der Waals surface area contributed by atoms with Gasteiger partial charge in [-0.05, 0) is 31.2 Å². The standard InChI is InChI=1S/C16H24BrNO/c1-15(2,3)11-16(4,5)18-14(19)13(17)12-9-7-6-8-10-12/h6-10,13H,11H2,1-5H3,(H,18,19)/t13-/m1/s1. The third kappa shape index (κ3) is 5.77. The third-order valence-electron chi connectivity index (χ3n) is 2.76. The van der Waals surface area contributed by atoms with Crippen molar-refractivity contribution in [1.82, 2.24) is 5.32 Å². The van der Waals surface area contributed by atoms with E-state index >= 15 is 0 Å². The molecule has 0 fully saturated rings. The van der Waals surface area contributed by atoms with Gasteiger partial charge < -0.3 is 5.32 Å². The Bertz CT molecular complexity index is 420. The normalized spacial score (nSPS) is 14.0. The van der Waals surface area contributed by atoms with E-state index in [-0.39, 0.29) is 21.7 Å². The molecule has 1 N–H and O–H groups in total. The van der Waals surface area contributed by atoms with Crippen molar-refractivity contribution < 1.29 is 4.79 Å². The zero-order chi connectivity index (χ0) is 14.7. The molecular formula is C16H24BrNO. The zero-order valence-electron chi connectivity index (χ0n) is 12.5. The lowest BCUT2D eigenvalue weighted by atomic mass is 9.81. The van der Waals surface area contributed by atoms with Crippen LogP contribution in [0.3, 0.4) is 0 Å². The van der Waals surface area contributed by atoms with Crippen LogP contribution in [0.25, 0.3) is 0 Å². The lowest BCUT2D eigenvalue weighted by molar-refractivity contribution is -0.122. The maximum atomic E-state index is 12.3. The van der Waals surface area contributed by atoms with Crippen molar-refractivity contribution in [1.29, 1.82) is 0 Å². The van der Waals surface area contributed by atoms with Gasteiger partial charge in [0.2, 0.25) is 5.91 Å². The van der Waals surface area contributed by atoms with E-state index in [9.17, 15) is 4.79 Å². The number of nitrogens with one attached hydrogen (secondary N) is 1. The Morgan fingerprint density at radius 3 is 2.16 bits per heavy atom. The lowest BCUT2D eigenvalue weighted by Crippen LogP contribution is -2.46. The van der Waals surface area contributed by atoms with E-state index in [0.29, 0.717) is 0 Å². The summed E-state index contributed by atoms with van der Waals surface area (Å²) >= 11 is 3.47. The van der Waals surface area contributed by atoms with Crippen LogP contribution in [0.5, 0.6) is 0 Å². The van der Waals surface area contributed by atoms with Crippen molar-refractivity contribution in [3.8, 4) is 0 Å². The third-order valence-corrected chi connectivity index (χ3v) is 3.70. The summed E-state index contributed by atoms with van der Waals surface area (Å²) in [6, 6.07) is 9.74. The lowest BCUT2D eigenvalue weighted by Gasteiger charge is -2.34. The van der Waals surface area contributed by atoms with E-state index in [2.05, 4.69) is 55.9 Å². The first kappa shape index (κ1) is 16.2. The smallest absolute Gasteiger partial charge is 0.238 e. The summed E-state index contributed by atoms with van der Waals surface area (Å²) in [5, 5.41) is 3.13. The number of carbonyl (C=O) groups is 1. The molecule has 2 nitrogen and oxygen atoms in total. The fourth-order valence-electron chi connectivity index (χ4n) is 2.54. The maximum absolute atomic E-state index is 12.3. The average molecular weight is 326 g/mol. The quantitative estimate of drug-likeness (QED) is 0.814. The molecule has 0 saturated carbocycles. The Hall–Kier alpha value is -0.830. The molecule has 1 atom stereocenters. The van der Waals surface area contributed by atoms with Crippen LogP contribution in [-0.2, 0) is 4.79 Å². The highest BCUT2D eigenvalue weighted by molar-refractivity contribution is 9.09. The van der Waals surface area contributed by atoms with E-state index in [1.807, 2.05) is 30.3 Å². The molecular weight excluding hydrogens is 302 g/mol. The highest BCUT2D eigenvalue weighted by atomic mass is 79.9. The van der Waals surface area contributed by atoms with Gasteiger partial charge in [0.05, 0.1) is 0 Å². The maximum Gasteiger partial charge on any atom is 0.238 e. The van der Waals surface area contributed by atoms with Crippen molar-refractivity contribution in [2.75, 3.05) is 0 Å². The molecule has 0 aliphatic rings. The number of carbonyl (C=O) groups excluding carboxylic acids is 1. The first-order chi connectivity index (χ1) is 8.61. The molecule has 3 heteroatoms.